The molecule has 0 radical (unpaired) electrons. The maximum atomic E-state index is 6.99. The van der Waals surface area contributed by atoms with Crippen LogP contribution in [0.4, 0.5) is 0 Å². The van der Waals surface area contributed by atoms with Crippen LogP contribution in [0.1, 0.15) is 25.7 Å². The third kappa shape index (κ3) is 1.19. The molecule has 2 rings (SSSR count). The molecule has 2 aliphatic rings. The first kappa shape index (κ1) is 6.95. The second-order valence-corrected chi connectivity index (χ2v) is 3.70. The first-order chi connectivity index (χ1) is 5.25. The first-order valence-corrected chi connectivity index (χ1v) is 4.26. The topological polar surface area (TPSA) is 59.1 Å². The molecule has 0 saturated heterocycles. The Bertz CT molecular complexity index is 181. The molecule has 0 aromatic rings. The van der Waals surface area contributed by atoms with Crippen molar-refractivity contribution in [1.82, 2.24) is 0 Å². The molecule has 3 N–H and O–H groups in total. The molecule has 62 valence electrons. The molecule has 0 aromatic carbocycles. The van der Waals surface area contributed by atoms with E-state index in [1.54, 1.807) is 0 Å². The minimum atomic E-state index is -0.109. The number of nitrogens with one attached hydrogen (secondary N) is 1. The average Bonchev–Trinajstić information content (AvgIpc) is 2.45. The second-order valence-electron chi connectivity index (χ2n) is 3.70. The number of fused-ring (bicyclic) bond motifs is 2. The van der Waals surface area contributed by atoms with Gasteiger partial charge >= 0.3 is 0 Å². The molecule has 3 atom stereocenters. The van der Waals surface area contributed by atoms with Gasteiger partial charge in [-0.05, 0) is 37.5 Å². The fourth-order valence-corrected chi connectivity index (χ4v) is 2.49. The molecule has 0 unspecified atom stereocenters. The fourth-order valence-electron chi connectivity index (χ4n) is 2.49. The summed E-state index contributed by atoms with van der Waals surface area (Å²) in [6, 6.07) is -0.109. The Morgan fingerprint density at radius 2 is 2.18 bits per heavy atom. The van der Waals surface area contributed by atoms with Crippen molar-refractivity contribution in [3.8, 4) is 0 Å². The van der Waals surface area contributed by atoms with E-state index < -0.39 is 0 Å². The van der Waals surface area contributed by atoms with Gasteiger partial charge in [-0.25, -0.2) is 0 Å². The van der Waals surface area contributed by atoms with E-state index in [1.165, 1.54) is 19.3 Å². The molecule has 2 aliphatic carbocycles. The molecule has 3 heteroatoms. The van der Waals surface area contributed by atoms with Gasteiger partial charge in [-0.15, -0.1) is 0 Å². The van der Waals surface area contributed by atoms with Gasteiger partial charge in [0, 0.05) is 0 Å². The molecule has 0 amide bonds. The van der Waals surface area contributed by atoms with Crippen molar-refractivity contribution in [2.24, 2.45) is 17.6 Å². The van der Waals surface area contributed by atoms with Crippen LogP contribution < -0.4 is 5.73 Å². The highest BCUT2D eigenvalue weighted by molar-refractivity contribution is 5.67. The van der Waals surface area contributed by atoms with E-state index in [1.807, 2.05) is 0 Å². The summed E-state index contributed by atoms with van der Waals surface area (Å²) in [5.74, 6) is 1.56. The van der Waals surface area contributed by atoms with Gasteiger partial charge in [0.15, 0.2) is 0 Å². The van der Waals surface area contributed by atoms with Crippen LogP contribution in [0.25, 0.3) is 0 Å². The quantitative estimate of drug-likeness (QED) is 0.438. The number of hydrogen-bond acceptors (Lipinski definition) is 2. The molecule has 0 spiro atoms. The largest absolute Gasteiger partial charge is 0.462 e. The molecule has 0 aromatic heterocycles. The van der Waals surface area contributed by atoms with Gasteiger partial charge in [-0.1, -0.05) is 0 Å². The molecule has 2 fully saturated rings. The molecule has 3 nitrogen and oxygen atoms in total. The predicted molar refractivity (Wildman–Crippen MR) is 42.2 cm³/mol. The highest BCUT2D eigenvalue weighted by atomic mass is 16.5. The van der Waals surface area contributed by atoms with Crippen molar-refractivity contribution in [1.29, 1.82) is 5.41 Å². The van der Waals surface area contributed by atoms with Crippen molar-refractivity contribution in [3.63, 3.8) is 0 Å². The lowest BCUT2D eigenvalue weighted by Crippen LogP contribution is -2.27. The highest BCUT2D eigenvalue weighted by Gasteiger charge is 2.41. The molecule has 0 heterocycles. The summed E-state index contributed by atoms with van der Waals surface area (Å²) in [6.45, 7) is 0. The van der Waals surface area contributed by atoms with Crippen LogP contribution in [-0.2, 0) is 4.74 Å². The van der Waals surface area contributed by atoms with E-state index in [4.69, 9.17) is 15.9 Å². The third-order valence-electron chi connectivity index (χ3n) is 2.95. The number of hydrogen-bond donors (Lipinski definition) is 2. The van der Waals surface area contributed by atoms with Crippen molar-refractivity contribution >= 4 is 6.02 Å². The molecule has 2 saturated carbocycles. The van der Waals surface area contributed by atoms with Crippen LogP contribution >= 0.6 is 0 Å². The van der Waals surface area contributed by atoms with E-state index in [0.717, 1.165) is 12.3 Å². The van der Waals surface area contributed by atoms with Crippen LogP contribution in [0, 0.1) is 17.2 Å². The number of nitrogens with two attached hydrogens (primary N) is 1. The van der Waals surface area contributed by atoms with Crippen LogP contribution in [0.15, 0.2) is 0 Å². The SMILES string of the molecule is N=C(N)O[C@@H]1C[C@@H]2CC[C@H]1C2. The summed E-state index contributed by atoms with van der Waals surface area (Å²) in [7, 11) is 0. The lowest BCUT2D eigenvalue weighted by molar-refractivity contribution is 0.122. The van der Waals surface area contributed by atoms with Crippen molar-refractivity contribution in [3.05, 3.63) is 0 Å². The first-order valence-electron chi connectivity index (χ1n) is 4.26. The number of amidine groups is 1. The zero-order valence-corrected chi connectivity index (χ0v) is 6.55. The molecular formula is C8H14N2O. The lowest BCUT2D eigenvalue weighted by Gasteiger charge is -2.21. The highest BCUT2D eigenvalue weighted by Crippen LogP contribution is 2.45. The Morgan fingerprint density at radius 3 is 2.64 bits per heavy atom. The molecule has 11 heavy (non-hydrogen) atoms. The maximum absolute atomic E-state index is 6.99. The molecule has 2 bridgehead atoms. The van der Waals surface area contributed by atoms with E-state index in [2.05, 4.69) is 0 Å². The second kappa shape index (κ2) is 2.40. The number of rotatable bonds is 1. The van der Waals surface area contributed by atoms with Crippen LogP contribution in [0.3, 0.4) is 0 Å². The lowest BCUT2D eigenvalue weighted by atomic mass is 9.98. The van der Waals surface area contributed by atoms with Crippen molar-refractivity contribution in [2.75, 3.05) is 0 Å². The van der Waals surface area contributed by atoms with E-state index in [0.29, 0.717) is 5.92 Å². The fraction of sp³-hybridized carbons (Fsp3) is 0.875. The van der Waals surface area contributed by atoms with Gasteiger partial charge in [-0.3, -0.25) is 5.41 Å². The zero-order valence-electron chi connectivity index (χ0n) is 6.55. The Labute approximate surface area is 66.4 Å². The Kier molecular flexibility index (Phi) is 1.51. The minimum Gasteiger partial charge on any atom is -0.462 e. The summed E-state index contributed by atoms with van der Waals surface area (Å²) >= 11 is 0. The average molecular weight is 154 g/mol. The summed E-state index contributed by atoms with van der Waals surface area (Å²) < 4.78 is 5.21. The van der Waals surface area contributed by atoms with Gasteiger partial charge < -0.3 is 10.5 Å². The van der Waals surface area contributed by atoms with Crippen LogP contribution in [-0.4, -0.2) is 12.1 Å². The van der Waals surface area contributed by atoms with Gasteiger partial charge in [0.25, 0.3) is 6.02 Å². The zero-order chi connectivity index (χ0) is 7.84. The minimum absolute atomic E-state index is 0.109. The predicted octanol–water partition coefficient (Wildman–Crippen LogP) is 1.09. The number of ether oxygens (including phenoxy) is 1. The third-order valence-corrected chi connectivity index (χ3v) is 2.95. The van der Waals surface area contributed by atoms with Crippen LogP contribution in [0.2, 0.25) is 0 Å². The van der Waals surface area contributed by atoms with Gasteiger partial charge in [0.1, 0.15) is 6.10 Å². The van der Waals surface area contributed by atoms with Gasteiger partial charge in [0.05, 0.1) is 0 Å². The summed E-state index contributed by atoms with van der Waals surface area (Å²) in [4.78, 5) is 0. The standard InChI is InChI=1S/C8H14N2O/c9-8(10)11-7-4-5-1-2-6(7)3-5/h5-7H,1-4H2,(H3,9,10)/t5-,6+,7-/m1/s1. The van der Waals surface area contributed by atoms with Crippen LogP contribution in [0.5, 0.6) is 0 Å². The van der Waals surface area contributed by atoms with Crippen molar-refractivity contribution < 1.29 is 4.74 Å². The summed E-state index contributed by atoms with van der Waals surface area (Å²) in [6.07, 6.45) is 5.35. The Balaban J connectivity index is 1.92. The molecule has 0 aliphatic heterocycles. The van der Waals surface area contributed by atoms with Gasteiger partial charge in [0.2, 0.25) is 0 Å². The van der Waals surface area contributed by atoms with Gasteiger partial charge in [-0.2, -0.15) is 0 Å². The maximum Gasteiger partial charge on any atom is 0.279 e. The molecular weight excluding hydrogens is 140 g/mol. The smallest absolute Gasteiger partial charge is 0.279 e. The van der Waals surface area contributed by atoms with Crippen molar-refractivity contribution in [2.45, 2.75) is 31.8 Å². The van der Waals surface area contributed by atoms with E-state index in [-0.39, 0.29) is 12.1 Å². The summed E-state index contributed by atoms with van der Waals surface area (Å²) in [5.41, 5.74) is 5.17. The Hall–Kier alpha value is -0.730. The van der Waals surface area contributed by atoms with E-state index in [9.17, 15) is 0 Å². The summed E-state index contributed by atoms with van der Waals surface area (Å²) in [5, 5.41) is 6.99. The van der Waals surface area contributed by atoms with E-state index >= 15 is 0 Å². The Morgan fingerprint density at radius 1 is 1.36 bits per heavy atom. The normalized spacial score (nSPS) is 40.9. The monoisotopic (exact) mass is 154 g/mol.